The number of hydrogen-bond acceptors (Lipinski definition) is 3. The maximum absolute atomic E-state index is 14.0. The average molecular weight is 310 g/mol. The number of aliphatic hydroxyl groups excluding tert-OH is 1. The third-order valence-electron chi connectivity index (χ3n) is 3.44. The summed E-state index contributed by atoms with van der Waals surface area (Å²) in [6.07, 6.45) is 0. The van der Waals surface area contributed by atoms with Gasteiger partial charge in [0.1, 0.15) is 18.5 Å². The van der Waals surface area contributed by atoms with Gasteiger partial charge >= 0.3 is 0 Å². The molecule has 8 heteroatoms. The molecule has 21 heavy (non-hydrogen) atoms. The van der Waals surface area contributed by atoms with Crippen LogP contribution in [0.3, 0.4) is 0 Å². The summed E-state index contributed by atoms with van der Waals surface area (Å²) >= 11 is 0. The zero-order chi connectivity index (χ0) is 15.6. The summed E-state index contributed by atoms with van der Waals surface area (Å²) in [6.45, 7) is -0.469. The highest BCUT2D eigenvalue weighted by Crippen LogP contribution is 2.38. The minimum Gasteiger partial charge on any atom is -0.390 e. The van der Waals surface area contributed by atoms with Crippen LogP contribution in [0, 0.1) is 17.5 Å². The van der Waals surface area contributed by atoms with Gasteiger partial charge in [-0.25, -0.2) is 22.0 Å². The van der Waals surface area contributed by atoms with Crippen molar-refractivity contribution in [2.75, 3.05) is 32.8 Å². The molecule has 1 fully saturated rings. The monoisotopic (exact) mass is 310 g/mol. The number of piperazine rings is 1. The number of aliphatic hydroxyl groups is 1. The second kappa shape index (κ2) is 6.25. The van der Waals surface area contributed by atoms with Gasteiger partial charge in [-0.3, -0.25) is 4.90 Å². The fourth-order valence-corrected chi connectivity index (χ4v) is 2.49. The molecule has 3 nitrogen and oxygen atoms in total. The van der Waals surface area contributed by atoms with Gasteiger partial charge in [0.05, 0.1) is 0 Å². The van der Waals surface area contributed by atoms with Gasteiger partial charge in [0, 0.05) is 37.8 Å². The van der Waals surface area contributed by atoms with E-state index in [9.17, 15) is 22.0 Å². The number of rotatable bonds is 4. The summed E-state index contributed by atoms with van der Waals surface area (Å²) in [6, 6.07) is -1.07. The second-order valence-corrected chi connectivity index (χ2v) is 4.90. The molecule has 2 rings (SSSR count). The molecule has 1 aromatic rings. The molecular formula is C13H15F5N2O. The van der Waals surface area contributed by atoms with E-state index in [1.165, 1.54) is 4.90 Å². The highest BCUT2D eigenvalue weighted by molar-refractivity contribution is 5.26. The van der Waals surface area contributed by atoms with Crippen LogP contribution < -0.4 is 5.32 Å². The van der Waals surface area contributed by atoms with Crippen molar-refractivity contribution in [3.63, 3.8) is 0 Å². The molecule has 0 spiro atoms. The van der Waals surface area contributed by atoms with Crippen LogP contribution in [-0.2, 0) is 0 Å². The highest BCUT2D eigenvalue weighted by Gasteiger charge is 2.45. The molecule has 1 aliphatic heterocycles. The molecule has 1 aromatic carbocycles. The predicted octanol–water partition coefficient (Wildman–Crippen LogP) is 1.68. The van der Waals surface area contributed by atoms with Gasteiger partial charge in [0.25, 0.3) is 5.92 Å². The molecule has 1 saturated heterocycles. The Morgan fingerprint density at radius 1 is 1.19 bits per heavy atom. The summed E-state index contributed by atoms with van der Waals surface area (Å²) in [5.74, 6) is -7.91. The first-order valence-electron chi connectivity index (χ1n) is 6.44. The van der Waals surface area contributed by atoms with E-state index in [0.29, 0.717) is 25.2 Å². The van der Waals surface area contributed by atoms with Crippen LogP contribution in [0.2, 0.25) is 0 Å². The zero-order valence-electron chi connectivity index (χ0n) is 11.1. The molecule has 0 bridgehead atoms. The fourth-order valence-electron chi connectivity index (χ4n) is 2.49. The summed E-state index contributed by atoms with van der Waals surface area (Å²) in [7, 11) is 0. The molecule has 0 aromatic heterocycles. The summed E-state index contributed by atoms with van der Waals surface area (Å²) in [5.41, 5.74) is -0.784. The first-order valence-corrected chi connectivity index (χ1v) is 6.44. The van der Waals surface area contributed by atoms with Crippen molar-refractivity contribution >= 4 is 0 Å². The van der Waals surface area contributed by atoms with E-state index in [-0.39, 0.29) is 13.1 Å². The number of nitrogens with zero attached hydrogens (tertiary/aromatic N) is 1. The van der Waals surface area contributed by atoms with E-state index in [1.807, 2.05) is 0 Å². The van der Waals surface area contributed by atoms with Gasteiger partial charge in [-0.1, -0.05) is 0 Å². The lowest BCUT2D eigenvalue weighted by Gasteiger charge is -2.38. The first kappa shape index (κ1) is 16.1. The number of nitrogens with one attached hydrogen (secondary N) is 1. The van der Waals surface area contributed by atoms with Crippen molar-refractivity contribution in [2.45, 2.75) is 12.0 Å². The third kappa shape index (κ3) is 3.33. The Bertz CT molecular complexity index is 506. The largest absolute Gasteiger partial charge is 0.390 e. The van der Waals surface area contributed by atoms with Crippen LogP contribution in [0.1, 0.15) is 11.6 Å². The molecule has 118 valence electrons. The van der Waals surface area contributed by atoms with E-state index in [1.54, 1.807) is 0 Å². The lowest BCUT2D eigenvalue weighted by molar-refractivity contribution is -0.119. The Morgan fingerprint density at radius 3 is 2.38 bits per heavy atom. The summed E-state index contributed by atoms with van der Waals surface area (Å²) < 4.78 is 68.5. The molecule has 0 aliphatic carbocycles. The minimum absolute atomic E-state index is 0.151. The second-order valence-electron chi connectivity index (χ2n) is 4.90. The highest BCUT2D eigenvalue weighted by atomic mass is 19.3. The molecule has 1 heterocycles. The summed E-state index contributed by atoms with van der Waals surface area (Å²) in [5, 5.41) is 11.8. The van der Waals surface area contributed by atoms with Crippen LogP contribution in [0.4, 0.5) is 22.0 Å². The molecule has 1 atom stereocenters. The quantitative estimate of drug-likeness (QED) is 0.656. The molecular weight excluding hydrogens is 295 g/mol. The SMILES string of the molecule is OCC(F)(F)[C@@H](c1cc(F)cc(F)c1F)N1CCNCC1. The maximum atomic E-state index is 14.0. The van der Waals surface area contributed by atoms with E-state index < -0.39 is 41.6 Å². The molecule has 2 N–H and O–H groups in total. The molecule has 0 radical (unpaired) electrons. The number of hydrogen-bond donors (Lipinski definition) is 2. The normalized spacial score (nSPS) is 18.8. The Balaban J connectivity index is 2.49. The van der Waals surface area contributed by atoms with E-state index in [4.69, 9.17) is 5.11 Å². The van der Waals surface area contributed by atoms with E-state index in [2.05, 4.69) is 5.32 Å². The number of alkyl halides is 2. The van der Waals surface area contributed by atoms with Crippen LogP contribution in [0.5, 0.6) is 0 Å². The fraction of sp³-hybridized carbons (Fsp3) is 0.538. The smallest absolute Gasteiger partial charge is 0.290 e. The van der Waals surface area contributed by atoms with Gasteiger partial charge in [0.15, 0.2) is 11.6 Å². The molecule has 0 unspecified atom stereocenters. The molecule has 0 amide bonds. The van der Waals surface area contributed by atoms with Gasteiger partial charge in [-0.2, -0.15) is 0 Å². The van der Waals surface area contributed by atoms with Crippen LogP contribution in [-0.4, -0.2) is 48.7 Å². The van der Waals surface area contributed by atoms with E-state index >= 15 is 0 Å². The Kier molecular flexibility index (Phi) is 4.80. The standard InChI is InChI=1S/C13H15F5N2O/c14-8-5-9(11(16)10(15)6-8)12(13(17,18)7-21)20-3-1-19-2-4-20/h5-6,12,19,21H,1-4,7H2/t12-/m1/s1. The average Bonchev–Trinajstić information content (AvgIpc) is 2.45. The Hall–Kier alpha value is -1.25. The van der Waals surface area contributed by atoms with Crippen molar-refractivity contribution < 1.29 is 27.1 Å². The zero-order valence-corrected chi connectivity index (χ0v) is 11.1. The van der Waals surface area contributed by atoms with Crippen molar-refractivity contribution in [1.29, 1.82) is 0 Å². The van der Waals surface area contributed by atoms with Crippen molar-refractivity contribution in [3.05, 3.63) is 35.1 Å². The molecule has 1 aliphatic rings. The van der Waals surface area contributed by atoms with Crippen LogP contribution in [0.15, 0.2) is 12.1 Å². The van der Waals surface area contributed by atoms with Gasteiger partial charge in [-0.15, -0.1) is 0 Å². The third-order valence-corrected chi connectivity index (χ3v) is 3.44. The van der Waals surface area contributed by atoms with Crippen LogP contribution >= 0.6 is 0 Å². The van der Waals surface area contributed by atoms with Gasteiger partial charge in [-0.05, 0) is 6.07 Å². The Labute approximate surface area is 118 Å². The number of benzene rings is 1. The van der Waals surface area contributed by atoms with Gasteiger partial charge < -0.3 is 10.4 Å². The van der Waals surface area contributed by atoms with Crippen molar-refractivity contribution in [2.24, 2.45) is 0 Å². The maximum Gasteiger partial charge on any atom is 0.290 e. The first-order chi connectivity index (χ1) is 9.86. The predicted molar refractivity (Wildman–Crippen MR) is 65.5 cm³/mol. The van der Waals surface area contributed by atoms with Crippen molar-refractivity contribution in [1.82, 2.24) is 10.2 Å². The van der Waals surface area contributed by atoms with Gasteiger partial charge in [0.2, 0.25) is 0 Å². The van der Waals surface area contributed by atoms with Crippen LogP contribution in [0.25, 0.3) is 0 Å². The minimum atomic E-state index is -3.72. The lowest BCUT2D eigenvalue weighted by Crippen LogP contribution is -2.51. The van der Waals surface area contributed by atoms with E-state index in [0.717, 1.165) is 0 Å². The van der Waals surface area contributed by atoms with Crippen molar-refractivity contribution in [3.8, 4) is 0 Å². The summed E-state index contributed by atoms with van der Waals surface area (Å²) in [4.78, 5) is 1.21. The topological polar surface area (TPSA) is 35.5 Å². The Morgan fingerprint density at radius 2 is 1.81 bits per heavy atom. The molecule has 0 saturated carbocycles. The number of halogens is 5. The lowest BCUT2D eigenvalue weighted by atomic mass is 9.97.